The van der Waals surface area contributed by atoms with E-state index in [-0.39, 0.29) is 23.5 Å². The summed E-state index contributed by atoms with van der Waals surface area (Å²) in [5.74, 6) is -0.978. The first-order chi connectivity index (χ1) is 15.8. The number of carbonyl (C=O) groups excluding carboxylic acids is 1. The van der Waals surface area contributed by atoms with E-state index in [2.05, 4.69) is 4.98 Å². The number of pyridine rings is 1. The fraction of sp³-hybridized carbons (Fsp3) is 0.280. The Bertz CT molecular complexity index is 1340. The van der Waals surface area contributed by atoms with Gasteiger partial charge in [0.15, 0.2) is 0 Å². The molecule has 0 unspecified atom stereocenters. The molecule has 1 aliphatic heterocycles. The van der Waals surface area contributed by atoms with E-state index >= 15 is 0 Å². The number of aromatic nitrogens is 1. The van der Waals surface area contributed by atoms with E-state index in [4.69, 9.17) is 0 Å². The van der Waals surface area contributed by atoms with E-state index < -0.39 is 28.9 Å². The van der Waals surface area contributed by atoms with Crippen molar-refractivity contribution in [3.63, 3.8) is 0 Å². The monoisotopic (exact) mass is 473 g/mol. The molecule has 1 N–H and O–H groups in total. The van der Waals surface area contributed by atoms with Crippen molar-refractivity contribution < 1.29 is 22.4 Å². The average Bonchev–Trinajstić information content (AvgIpc) is 2.73. The van der Waals surface area contributed by atoms with Gasteiger partial charge in [0.2, 0.25) is 5.56 Å². The zero-order valence-corrected chi connectivity index (χ0v) is 19.0. The van der Waals surface area contributed by atoms with Crippen LogP contribution < -0.4 is 15.4 Å². The number of aromatic amines is 1. The lowest BCUT2D eigenvalue weighted by molar-refractivity contribution is -0.137. The normalized spacial score (nSPS) is 14.4. The number of H-pyrrole nitrogens is 1. The number of hydrogen-bond acceptors (Lipinski definition) is 3. The Morgan fingerprint density at radius 2 is 1.53 bits per heavy atom. The topological polar surface area (TPSA) is 56.4 Å². The molecule has 9 heteroatoms. The number of carbonyl (C=O) groups is 1. The quantitative estimate of drug-likeness (QED) is 0.472. The molecule has 0 atom stereocenters. The van der Waals surface area contributed by atoms with E-state index in [1.807, 2.05) is 20.8 Å². The molecule has 3 aromatic rings. The number of fused-ring (bicyclic) bond motifs is 1. The minimum absolute atomic E-state index is 0.0639. The van der Waals surface area contributed by atoms with Crippen LogP contribution >= 0.6 is 0 Å². The third kappa shape index (κ3) is 4.18. The summed E-state index contributed by atoms with van der Waals surface area (Å²) in [6.07, 6.45) is -4.61. The van der Waals surface area contributed by atoms with E-state index in [9.17, 15) is 27.2 Å². The van der Waals surface area contributed by atoms with Gasteiger partial charge in [-0.05, 0) is 60.4 Å². The molecule has 0 saturated heterocycles. The standard InChI is InChI=1S/C25H23F4N3O2/c1-14-19(9-10-22(33)30-14)32-13-31(20-8-6-16(26)12-18(20)24(2,3)4)21-11-15(25(27,28)29)5-7-17(21)23(32)34/h5-12H,13H2,1-4H3,(H,30,33). The molecule has 1 amide bonds. The molecular formula is C25H23F4N3O2. The van der Waals surface area contributed by atoms with Gasteiger partial charge < -0.3 is 9.88 Å². The molecule has 0 spiro atoms. The smallest absolute Gasteiger partial charge is 0.324 e. The van der Waals surface area contributed by atoms with Crippen LogP contribution in [0.1, 0.15) is 48.0 Å². The van der Waals surface area contributed by atoms with Crippen molar-refractivity contribution in [1.82, 2.24) is 4.98 Å². The molecule has 0 aliphatic carbocycles. The van der Waals surface area contributed by atoms with Gasteiger partial charge in [0.1, 0.15) is 12.5 Å². The summed E-state index contributed by atoms with van der Waals surface area (Å²) in [5, 5.41) is 0. The number of nitrogens with one attached hydrogen (secondary N) is 1. The van der Waals surface area contributed by atoms with Crippen molar-refractivity contribution >= 4 is 23.0 Å². The van der Waals surface area contributed by atoms with Gasteiger partial charge in [-0.1, -0.05) is 20.8 Å². The Kier molecular flexibility index (Phi) is 5.54. The molecule has 2 aromatic carbocycles. The maximum absolute atomic E-state index is 14.2. The number of rotatable bonds is 2. The zero-order valence-electron chi connectivity index (χ0n) is 19.0. The lowest BCUT2D eigenvalue weighted by Gasteiger charge is -2.40. The van der Waals surface area contributed by atoms with Gasteiger partial charge in [-0.15, -0.1) is 0 Å². The minimum Gasteiger partial charge on any atom is -0.324 e. The SMILES string of the molecule is Cc1[nH]c(=O)ccc1N1CN(c2ccc(F)cc2C(C)(C)C)c2cc(C(F)(F)F)ccc2C1=O. The van der Waals surface area contributed by atoms with E-state index in [1.165, 1.54) is 35.2 Å². The van der Waals surface area contributed by atoms with Crippen LogP contribution in [-0.4, -0.2) is 17.6 Å². The maximum Gasteiger partial charge on any atom is 0.416 e. The molecule has 4 rings (SSSR count). The van der Waals surface area contributed by atoms with Crippen LogP contribution in [0, 0.1) is 12.7 Å². The van der Waals surface area contributed by atoms with Crippen LogP contribution in [0.25, 0.3) is 0 Å². The summed E-state index contributed by atoms with van der Waals surface area (Å²) in [7, 11) is 0. The van der Waals surface area contributed by atoms with Crippen LogP contribution in [0.2, 0.25) is 0 Å². The van der Waals surface area contributed by atoms with Gasteiger partial charge in [-0.2, -0.15) is 13.2 Å². The second-order valence-electron chi connectivity index (χ2n) is 9.28. The number of anilines is 3. The van der Waals surface area contributed by atoms with Gasteiger partial charge in [-0.25, -0.2) is 4.39 Å². The van der Waals surface area contributed by atoms with Gasteiger partial charge in [0.25, 0.3) is 5.91 Å². The van der Waals surface area contributed by atoms with Crippen LogP contribution in [-0.2, 0) is 11.6 Å². The molecular weight excluding hydrogens is 450 g/mol. The fourth-order valence-electron chi connectivity index (χ4n) is 4.14. The molecule has 0 saturated carbocycles. The van der Waals surface area contributed by atoms with Crippen LogP contribution in [0.15, 0.2) is 53.3 Å². The average molecular weight is 473 g/mol. The highest BCUT2D eigenvalue weighted by atomic mass is 19.4. The zero-order chi connectivity index (χ0) is 25.0. The van der Waals surface area contributed by atoms with E-state index in [0.29, 0.717) is 22.6 Å². The van der Waals surface area contributed by atoms with Gasteiger partial charge in [0, 0.05) is 17.4 Å². The minimum atomic E-state index is -4.61. The van der Waals surface area contributed by atoms with Crippen molar-refractivity contribution in [2.24, 2.45) is 0 Å². The van der Waals surface area contributed by atoms with Gasteiger partial charge >= 0.3 is 6.18 Å². The summed E-state index contributed by atoms with van der Waals surface area (Å²) in [5.41, 5.74) is 0.274. The summed E-state index contributed by atoms with van der Waals surface area (Å²) < 4.78 is 54.8. The number of aryl methyl sites for hydroxylation is 1. The predicted molar refractivity (Wildman–Crippen MR) is 122 cm³/mol. The molecule has 0 radical (unpaired) electrons. The van der Waals surface area contributed by atoms with Crippen molar-refractivity contribution in [3.05, 3.63) is 87.1 Å². The number of halogens is 4. The summed E-state index contributed by atoms with van der Waals surface area (Å²) in [6.45, 7) is 7.12. The lowest BCUT2D eigenvalue weighted by Crippen LogP contribution is -2.46. The van der Waals surface area contributed by atoms with Crippen LogP contribution in [0.5, 0.6) is 0 Å². The Hall–Kier alpha value is -3.62. The molecule has 34 heavy (non-hydrogen) atoms. The number of nitrogens with zero attached hydrogens (tertiary/aromatic N) is 2. The van der Waals surface area contributed by atoms with Crippen LogP contribution in [0.4, 0.5) is 34.6 Å². The predicted octanol–water partition coefficient (Wildman–Crippen LogP) is 5.89. The van der Waals surface area contributed by atoms with E-state index in [0.717, 1.165) is 18.2 Å². The lowest BCUT2D eigenvalue weighted by atomic mass is 9.85. The molecule has 178 valence electrons. The molecule has 1 aliphatic rings. The summed E-state index contributed by atoms with van der Waals surface area (Å²) in [4.78, 5) is 30.7. The van der Waals surface area contributed by atoms with Crippen molar-refractivity contribution in [1.29, 1.82) is 0 Å². The van der Waals surface area contributed by atoms with Crippen molar-refractivity contribution in [2.45, 2.75) is 39.3 Å². The number of hydrogen-bond donors (Lipinski definition) is 1. The second kappa shape index (κ2) is 8.00. The first kappa shape index (κ1) is 23.5. The first-order valence-electron chi connectivity index (χ1n) is 10.6. The molecule has 1 aromatic heterocycles. The van der Waals surface area contributed by atoms with Gasteiger partial charge in [0.05, 0.1) is 22.5 Å². The second-order valence-corrected chi connectivity index (χ2v) is 9.28. The van der Waals surface area contributed by atoms with Crippen molar-refractivity contribution in [3.8, 4) is 0 Å². The molecule has 2 heterocycles. The number of amides is 1. The number of benzene rings is 2. The van der Waals surface area contributed by atoms with E-state index in [1.54, 1.807) is 11.8 Å². The maximum atomic E-state index is 14.2. The Morgan fingerprint density at radius 3 is 2.15 bits per heavy atom. The Balaban J connectivity index is 1.98. The third-order valence-corrected chi connectivity index (χ3v) is 5.81. The summed E-state index contributed by atoms with van der Waals surface area (Å²) in [6, 6.07) is 9.84. The third-order valence-electron chi connectivity index (χ3n) is 5.81. The largest absolute Gasteiger partial charge is 0.416 e. The Labute approximate surface area is 193 Å². The first-order valence-corrected chi connectivity index (χ1v) is 10.6. The van der Waals surface area contributed by atoms with Crippen LogP contribution in [0.3, 0.4) is 0 Å². The summed E-state index contributed by atoms with van der Waals surface area (Å²) >= 11 is 0. The highest BCUT2D eigenvalue weighted by molar-refractivity contribution is 6.13. The highest BCUT2D eigenvalue weighted by Gasteiger charge is 2.37. The fourth-order valence-corrected chi connectivity index (χ4v) is 4.14. The highest BCUT2D eigenvalue weighted by Crippen LogP contribution is 2.43. The van der Waals surface area contributed by atoms with Crippen molar-refractivity contribution in [2.75, 3.05) is 16.5 Å². The molecule has 5 nitrogen and oxygen atoms in total. The van der Waals surface area contributed by atoms with Gasteiger partial charge in [-0.3, -0.25) is 14.5 Å². The Morgan fingerprint density at radius 1 is 0.853 bits per heavy atom. The molecule has 0 fully saturated rings. The molecule has 0 bridgehead atoms. The number of alkyl halides is 3.